The van der Waals surface area contributed by atoms with Crippen molar-refractivity contribution >= 4 is 0 Å². The molecule has 0 aliphatic heterocycles. The number of hydrogen-bond acceptors (Lipinski definition) is 2. The normalized spacial score (nSPS) is 10.8. The molecule has 25 heavy (non-hydrogen) atoms. The maximum absolute atomic E-state index is 9.42. The van der Waals surface area contributed by atoms with E-state index in [0.717, 1.165) is 5.75 Å². The third-order valence-corrected chi connectivity index (χ3v) is 3.59. The lowest BCUT2D eigenvalue weighted by Gasteiger charge is -2.27. The minimum Gasteiger partial charge on any atom is -0.508 e. The van der Waals surface area contributed by atoms with E-state index < -0.39 is 0 Å². The fourth-order valence-corrected chi connectivity index (χ4v) is 2.34. The van der Waals surface area contributed by atoms with Crippen molar-refractivity contribution in [1.82, 2.24) is 0 Å². The van der Waals surface area contributed by atoms with Crippen LogP contribution in [-0.2, 0) is 5.41 Å². The zero-order valence-corrected chi connectivity index (χ0v) is 17.5. The van der Waals surface area contributed by atoms with E-state index in [2.05, 4.69) is 26.0 Å². The summed E-state index contributed by atoms with van der Waals surface area (Å²) < 4.78 is 5.86. The van der Waals surface area contributed by atoms with Crippen molar-refractivity contribution in [2.24, 2.45) is 0 Å². The lowest BCUT2D eigenvalue weighted by Crippen LogP contribution is -2.23. The van der Waals surface area contributed by atoms with Crippen LogP contribution >= 0.6 is 0 Å². The molecule has 0 aromatic heterocycles. The van der Waals surface area contributed by atoms with Gasteiger partial charge in [-0.2, -0.15) is 0 Å². The maximum Gasteiger partial charge on any atom is 0.120 e. The van der Waals surface area contributed by atoms with E-state index in [1.807, 2.05) is 72.7 Å². The van der Waals surface area contributed by atoms with Gasteiger partial charge in [-0.15, -0.1) is 0 Å². The standard InChI is InChI=1S/C19H24O2.2C2H6/c1-18(2,3)21-17-12-8-15(9-13-17)19(4,5)14-6-10-16(20)11-7-14;2*1-2/h6-13,20H,1-5H3;2*1-2H3. The molecule has 2 rings (SSSR count). The molecule has 0 aliphatic rings. The average Bonchev–Trinajstić information content (AvgIpc) is 2.58. The van der Waals surface area contributed by atoms with Crippen LogP contribution in [0.15, 0.2) is 48.5 Å². The van der Waals surface area contributed by atoms with Crippen LogP contribution in [0.4, 0.5) is 0 Å². The SMILES string of the molecule is CC.CC.CC(C)(C)Oc1ccc(C(C)(C)c2ccc(O)cc2)cc1. The Bertz CT molecular complexity index is 587. The number of hydrogen-bond donors (Lipinski definition) is 1. The first kappa shape index (κ1) is 23.0. The molecule has 2 nitrogen and oxygen atoms in total. The predicted octanol–water partition coefficient (Wildman–Crippen LogP) is 6.95. The Kier molecular flexibility index (Phi) is 9.33. The van der Waals surface area contributed by atoms with Crippen LogP contribution in [0.2, 0.25) is 0 Å². The van der Waals surface area contributed by atoms with Crippen molar-refractivity contribution in [2.75, 3.05) is 0 Å². The molecule has 0 radical (unpaired) electrons. The van der Waals surface area contributed by atoms with Gasteiger partial charge < -0.3 is 9.84 Å². The summed E-state index contributed by atoms with van der Waals surface area (Å²) in [6, 6.07) is 15.6. The third kappa shape index (κ3) is 7.21. The van der Waals surface area contributed by atoms with E-state index in [9.17, 15) is 5.11 Å². The molecule has 0 atom stereocenters. The Morgan fingerprint density at radius 1 is 0.640 bits per heavy atom. The van der Waals surface area contributed by atoms with Gasteiger partial charge in [0, 0.05) is 5.41 Å². The molecule has 0 spiro atoms. The summed E-state index contributed by atoms with van der Waals surface area (Å²) in [6.07, 6.45) is 0. The van der Waals surface area contributed by atoms with Crippen molar-refractivity contribution in [3.05, 3.63) is 59.7 Å². The van der Waals surface area contributed by atoms with Gasteiger partial charge in [0.05, 0.1) is 0 Å². The van der Waals surface area contributed by atoms with Gasteiger partial charge in [-0.25, -0.2) is 0 Å². The smallest absolute Gasteiger partial charge is 0.120 e. The van der Waals surface area contributed by atoms with Crippen LogP contribution in [-0.4, -0.2) is 10.7 Å². The van der Waals surface area contributed by atoms with Crippen LogP contribution in [0, 0.1) is 0 Å². The van der Waals surface area contributed by atoms with Crippen LogP contribution in [0.3, 0.4) is 0 Å². The van der Waals surface area contributed by atoms with Crippen molar-refractivity contribution in [2.45, 2.75) is 73.3 Å². The van der Waals surface area contributed by atoms with E-state index in [-0.39, 0.29) is 11.0 Å². The molecule has 2 aromatic carbocycles. The maximum atomic E-state index is 9.42. The summed E-state index contributed by atoms with van der Waals surface area (Å²) in [7, 11) is 0. The highest BCUT2D eigenvalue weighted by Crippen LogP contribution is 2.33. The number of ether oxygens (including phenoxy) is 1. The Balaban J connectivity index is 0.00000134. The lowest BCUT2D eigenvalue weighted by atomic mass is 9.78. The molecule has 140 valence electrons. The topological polar surface area (TPSA) is 29.5 Å². The minimum absolute atomic E-state index is 0.117. The van der Waals surface area contributed by atoms with Gasteiger partial charge in [-0.1, -0.05) is 65.8 Å². The lowest BCUT2D eigenvalue weighted by molar-refractivity contribution is 0.131. The number of phenolic OH excluding ortho intramolecular Hbond substituents is 1. The molecule has 0 bridgehead atoms. The second-order valence-corrected chi connectivity index (χ2v) is 6.91. The van der Waals surface area contributed by atoms with Crippen LogP contribution in [0.25, 0.3) is 0 Å². The first-order valence-electron chi connectivity index (χ1n) is 9.27. The fraction of sp³-hybridized carbons (Fsp3) is 0.478. The molecule has 2 heteroatoms. The van der Waals surface area contributed by atoms with E-state index in [0.29, 0.717) is 5.75 Å². The van der Waals surface area contributed by atoms with Crippen molar-refractivity contribution < 1.29 is 9.84 Å². The zero-order chi connectivity index (χ0) is 19.7. The highest BCUT2D eigenvalue weighted by atomic mass is 16.5. The summed E-state index contributed by atoms with van der Waals surface area (Å²) in [4.78, 5) is 0. The van der Waals surface area contributed by atoms with Crippen molar-refractivity contribution in [1.29, 1.82) is 0 Å². The van der Waals surface area contributed by atoms with Crippen LogP contribution in [0.1, 0.15) is 73.4 Å². The average molecular weight is 345 g/mol. The van der Waals surface area contributed by atoms with Gasteiger partial charge in [-0.05, 0) is 56.2 Å². The summed E-state index contributed by atoms with van der Waals surface area (Å²) in [5, 5.41) is 9.42. The molecule has 1 N–H and O–H groups in total. The second kappa shape index (κ2) is 10.1. The molecule has 0 saturated carbocycles. The molecule has 2 aromatic rings. The summed E-state index contributed by atoms with van der Waals surface area (Å²) in [5.74, 6) is 1.18. The van der Waals surface area contributed by atoms with Crippen molar-refractivity contribution in [3.63, 3.8) is 0 Å². The van der Waals surface area contributed by atoms with Gasteiger partial charge in [0.15, 0.2) is 0 Å². The van der Waals surface area contributed by atoms with Gasteiger partial charge in [0.25, 0.3) is 0 Å². The number of aromatic hydroxyl groups is 1. The Morgan fingerprint density at radius 3 is 1.36 bits per heavy atom. The monoisotopic (exact) mass is 344 g/mol. The highest BCUT2D eigenvalue weighted by Gasteiger charge is 2.23. The second-order valence-electron chi connectivity index (χ2n) is 6.91. The van der Waals surface area contributed by atoms with Crippen LogP contribution < -0.4 is 4.74 Å². The molecular weight excluding hydrogens is 308 g/mol. The van der Waals surface area contributed by atoms with E-state index in [1.54, 1.807) is 12.1 Å². The van der Waals surface area contributed by atoms with Gasteiger partial charge in [0.1, 0.15) is 17.1 Å². The first-order chi connectivity index (χ1) is 11.7. The van der Waals surface area contributed by atoms with E-state index in [4.69, 9.17) is 4.74 Å². The van der Waals surface area contributed by atoms with Crippen LogP contribution in [0.5, 0.6) is 11.5 Å². The summed E-state index contributed by atoms with van der Waals surface area (Å²) in [5.41, 5.74) is 2.08. The minimum atomic E-state index is -0.187. The first-order valence-corrected chi connectivity index (χ1v) is 9.27. The predicted molar refractivity (Wildman–Crippen MR) is 110 cm³/mol. The Morgan fingerprint density at radius 2 is 1.00 bits per heavy atom. The third-order valence-electron chi connectivity index (χ3n) is 3.59. The van der Waals surface area contributed by atoms with Crippen molar-refractivity contribution in [3.8, 4) is 11.5 Å². The van der Waals surface area contributed by atoms with Gasteiger partial charge in [0.2, 0.25) is 0 Å². The molecular formula is C23H36O2. The number of benzene rings is 2. The molecule has 0 amide bonds. The highest BCUT2D eigenvalue weighted by molar-refractivity contribution is 5.41. The van der Waals surface area contributed by atoms with E-state index in [1.165, 1.54) is 11.1 Å². The quantitative estimate of drug-likeness (QED) is 0.653. The largest absolute Gasteiger partial charge is 0.508 e. The molecule has 0 fully saturated rings. The Labute approximate surface area is 154 Å². The molecule has 0 unspecified atom stereocenters. The van der Waals surface area contributed by atoms with Gasteiger partial charge >= 0.3 is 0 Å². The summed E-state index contributed by atoms with van der Waals surface area (Å²) >= 11 is 0. The van der Waals surface area contributed by atoms with Gasteiger partial charge in [-0.3, -0.25) is 0 Å². The molecule has 0 saturated heterocycles. The molecule has 0 aliphatic carbocycles. The zero-order valence-electron chi connectivity index (χ0n) is 17.5. The number of rotatable bonds is 3. The van der Waals surface area contributed by atoms with E-state index >= 15 is 0 Å². The molecule has 0 heterocycles. The number of phenols is 1. The summed E-state index contributed by atoms with van der Waals surface area (Å²) in [6.45, 7) is 18.5. The fourth-order valence-electron chi connectivity index (χ4n) is 2.34. The Hall–Kier alpha value is -1.96.